The fourth-order valence-electron chi connectivity index (χ4n) is 3.56. The minimum Gasteiger partial charge on any atom is -0.306 e. The number of rotatable bonds is 3. The molecule has 112 valence electrons. The van der Waals surface area contributed by atoms with Crippen LogP contribution >= 0.6 is 0 Å². The molecular formula is C14H25F3N2. The Morgan fingerprint density at radius 1 is 1.16 bits per heavy atom. The van der Waals surface area contributed by atoms with Gasteiger partial charge in [0, 0.05) is 6.54 Å². The number of alkyl halides is 3. The van der Waals surface area contributed by atoms with Crippen molar-refractivity contribution in [2.24, 2.45) is 11.8 Å². The molecule has 5 heteroatoms. The lowest BCUT2D eigenvalue weighted by atomic mass is 9.79. The molecule has 0 spiro atoms. The van der Waals surface area contributed by atoms with Gasteiger partial charge in [-0.05, 0) is 63.6 Å². The van der Waals surface area contributed by atoms with Crippen molar-refractivity contribution in [3.8, 4) is 0 Å². The zero-order valence-electron chi connectivity index (χ0n) is 11.7. The summed E-state index contributed by atoms with van der Waals surface area (Å²) in [5.74, 6) is 1.01. The summed E-state index contributed by atoms with van der Waals surface area (Å²) in [4.78, 5) is 2.48. The largest absolute Gasteiger partial charge is 0.403 e. The summed E-state index contributed by atoms with van der Waals surface area (Å²) < 4.78 is 37.8. The first-order chi connectivity index (χ1) is 9.00. The normalized spacial score (nSPS) is 34.4. The molecule has 2 saturated heterocycles. The molecule has 0 bridgehead atoms. The maximum atomic E-state index is 12.6. The molecule has 0 aliphatic carbocycles. The molecule has 2 aliphatic rings. The van der Waals surface area contributed by atoms with Crippen molar-refractivity contribution in [1.29, 1.82) is 0 Å². The van der Waals surface area contributed by atoms with E-state index in [0.29, 0.717) is 18.4 Å². The molecule has 0 radical (unpaired) electrons. The van der Waals surface area contributed by atoms with E-state index in [9.17, 15) is 13.2 Å². The van der Waals surface area contributed by atoms with Gasteiger partial charge in [0.15, 0.2) is 0 Å². The Bertz CT molecular complexity index is 270. The minimum absolute atomic E-state index is 0.248. The predicted molar refractivity (Wildman–Crippen MR) is 70.0 cm³/mol. The van der Waals surface area contributed by atoms with Gasteiger partial charge >= 0.3 is 6.18 Å². The van der Waals surface area contributed by atoms with Gasteiger partial charge in [0.1, 0.15) is 6.04 Å². The number of nitrogens with one attached hydrogen (secondary N) is 1. The Morgan fingerprint density at radius 2 is 1.95 bits per heavy atom. The molecule has 2 aliphatic heterocycles. The van der Waals surface area contributed by atoms with Crippen molar-refractivity contribution in [3.63, 3.8) is 0 Å². The summed E-state index contributed by atoms with van der Waals surface area (Å²) in [7, 11) is 0. The smallest absolute Gasteiger partial charge is 0.306 e. The first-order valence-corrected chi connectivity index (χ1v) is 7.53. The van der Waals surface area contributed by atoms with Gasteiger partial charge in [0.25, 0.3) is 0 Å². The second-order valence-corrected chi connectivity index (χ2v) is 6.04. The van der Waals surface area contributed by atoms with Gasteiger partial charge < -0.3 is 10.2 Å². The highest BCUT2D eigenvalue weighted by atomic mass is 19.4. The van der Waals surface area contributed by atoms with Crippen LogP contribution in [0.25, 0.3) is 0 Å². The molecule has 0 saturated carbocycles. The van der Waals surface area contributed by atoms with Crippen LogP contribution in [0.1, 0.15) is 39.0 Å². The molecular weight excluding hydrogens is 253 g/mol. The third kappa shape index (κ3) is 4.09. The van der Waals surface area contributed by atoms with Crippen molar-refractivity contribution in [1.82, 2.24) is 10.2 Å². The third-order valence-corrected chi connectivity index (χ3v) is 4.60. The van der Waals surface area contributed by atoms with E-state index in [0.717, 1.165) is 32.5 Å². The Labute approximate surface area is 113 Å². The van der Waals surface area contributed by atoms with Crippen molar-refractivity contribution >= 4 is 0 Å². The van der Waals surface area contributed by atoms with Gasteiger partial charge in [-0.2, -0.15) is 13.2 Å². The average molecular weight is 278 g/mol. The number of piperidine rings is 2. The Balaban J connectivity index is 1.81. The summed E-state index contributed by atoms with van der Waals surface area (Å²) >= 11 is 0. The SMILES string of the molecule is CCCN1CCCC(C2CCC(C(F)(F)F)NC2)C1. The van der Waals surface area contributed by atoms with E-state index in [2.05, 4.69) is 17.1 Å². The summed E-state index contributed by atoms with van der Waals surface area (Å²) in [6.07, 6.45) is 0.435. The van der Waals surface area contributed by atoms with Gasteiger partial charge in [-0.3, -0.25) is 0 Å². The first kappa shape index (κ1) is 15.1. The number of halogens is 3. The predicted octanol–water partition coefficient (Wildman–Crippen LogP) is 3.04. The molecule has 3 atom stereocenters. The zero-order valence-corrected chi connectivity index (χ0v) is 11.7. The maximum Gasteiger partial charge on any atom is 0.403 e. The van der Waals surface area contributed by atoms with Crippen LogP contribution in [-0.4, -0.2) is 43.3 Å². The second kappa shape index (κ2) is 6.44. The standard InChI is InChI=1S/C14H25F3N2/c1-2-7-19-8-3-4-12(10-19)11-5-6-13(18-9-11)14(15,16)17/h11-13,18H,2-10H2,1H3. The maximum absolute atomic E-state index is 12.6. The highest BCUT2D eigenvalue weighted by molar-refractivity contribution is 4.88. The van der Waals surface area contributed by atoms with E-state index in [4.69, 9.17) is 0 Å². The molecule has 0 aromatic rings. The van der Waals surface area contributed by atoms with Gasteiger partial charge in [0.05, 0.1) is 0 Å². The van der Waals surface area contributed by atoms with Gasteiger partial charge in [-0.15, -0.1) is 0 Å². The van der Waals surface area contributed by atoms with Crippen LogP contribution in [-0.2, 0) is 0 Å². The Hall–Kier alpha value is -0.290. The second-order valence-electron chi connectivity index (χ2n) is 6.04. The van der Waals surface area contributed by atoms with Crippen LogP contribution in [0.4, 0.5) is 13.2 Å². The van der Waals surface area contributed by atoms with Crippen LogP contribution in [0, 0.1) is 11.8 Å². The molecule has 0 amide bonds. The Kier molecular flexibility index (Phi) is 5.12. The molecule has 0 aromatic carbocycles. The minimum atomic E-state index is -4.08. The van der Waals surface area contributed by atoms with Gasteiger partial charge in [0.2, 0.25) is 0 Å². The number of hydrogen-bond acceptors (Lipinski definition) is 2. The average Bonchev–Trinajstić information content (AvgIpc) is 2.39. The van der Waals surface area contributed by atoms with E-state index in [-0.39, 0.29) is 6.42 Å². The molecule has 2 heterocycles. The third-order valence-electron chi connectivity index (χ3n) is 4.60. The molecule has 2 fully saturated rings. The number of hydrogen-bond donors (Lipinski definition) is 1. The van der Waals surface area contributed by atoms with Crippen LogP contribution in [0.3, 0.4) is 0 Å². The van der Waals surface area contributed by atoms with Crippen molar-refractivity contribution in [2.45, 2.75) is 51.2 Å². The lowest BCUT2D eigenvalue weighted by Gasteiger charge is -2.40. The van der Waals surface area contributed by atoms with E-state index >= 15 is 0 Å². The van der Waals surface area contributed by atoms with Crippen LogP contribution < -0.4 is 5.32 Å². The van der Waals surface area contributed by atoms with Crippen molar-refractivity contribution < 1.29 is 13.2 Å². The van der Waals surface area contributed by atoms with E-state index in [1.165, 1.54) is 12.8 Å². The van der Waals surface area contributed by atoms with Crippen LogP contribution in [0.15, 0.2) is 0 Å². The van der Waals surface area contributed by atoms with Crippen LogP contribution in [0.2, 0.25) is 0 Å². The van der Waals surface area contributed by atoms with Crippen molar-refractivity contribution in [2.75, 3.05) is 26.2 Å². The molecule has 2 nitrogen and oxygen atoms in total. The molecule has 3 unspecified atom stereocenters. The fourth-order valence-corrected chi connectivity index (χ4v) is 3.56. The zero-order chi connectivity index (χ0) is 13.9. The van der Waals surface area contributed by atoms with Crippen LogP contribution in [0.5, 0.6) is 0 Å². The molecule has 1 N–H and O–H groups in total. The van der Waals surface area contributed by atoms with Gasteiger partial charge in [-0.1, -0.05) is 6.92 Å². The summed E-state index contributed by atoms with van der Waals surface area (Å²) in [6, 6.07) is -1.28. The summed E-state index contributed by atoms with van der Waals surface area (Å²) in [5, 5.41) is 2.71. The highest BCUT2D eigenvalue weighted by Crippen LogP contribution is 2.33. The fraction of sp³-hybridized carbons (Fsp3) is 1.00. The quantitative estimate of drug-likeness (QED) is 0.853. The highest BCUT2D eigenvalue weighted by Gasteiger charge is 2.42. The molecule has 19 heavy (non-hydrogen) atoms. The van der Waals surface area contributed by atoms with E-state index in [1.807, 2.05) is 0 Å². The lowest BCUT2D eigenvalue weighted by Crippen LogP contribution is -2.51. The topological polar surface area (TPSA) is 15.3 Å². The molecule has 2 rings (SSSR count). The van der Waals surface area contributed by atoms with E-state index < -0.39 is 12.2 Å². The number of likely N-dealkylation sites (tertiary alicyclic amines) is 1. The number of nitrogens with zero attached hydrogens (tertiary/aromatic N) is 1. The Morgan fingerprint density at radius 3 is 2.53 bits per heavy atom. The molecule has 0 aromatic heterocycles. The summed E-state index contributed by atoms with van der Waals surface area (Å²) in [6.45, 7) is 6.09. The van der Waals surface area contributed by atoms with Crippen molar-refractivity contribution in [3.05, 3.63) is 0 Å². The monoisotopic (exact) mass is 278 g/mol. The summed E-state index contributed by atoms with van der Waals surface area (Å²) in [5.41, 5.74) is 0. The van der Waals surface area contributed by atoms with E-state index in [1.54, 1.807) is 0 Å². The van der Waals surface area contributed by atoms with Gasteiger partial charge in [-0.25, -0.2) is 0 Å². The lowest BCUT2D eigenvalue weighted by molar-refractivity contribution is -0.163. The first-order valence-electron chi connectivity index (χ1n) is 7.53.